The van der Waals surface area contributed by atoms with E-state index in [1.165, 1.54) is 12.3 Å². The van der Waals surface area contributed by atoms with Crippen LogP contribution in [-0.4, -0.2) is 5.16 Å². The van der Waals surface area contributed by atoms with Crippen LogP contribution in [0.1, 0.15) is 11.3 Å². The fourth-order valence-electron chi connectivity index (χ4n) is 1.31. The van der Waals surface area contributed by atoms with Gasteiger partial charge in [-0.05, 0) is 17.7 Å². The summed E-state index contributed by atoms with van der Waals surface area (Å²) in [6.45, 7) is 1.21. The second kappa shape index (κ2) is 5.09. The summed E-state index contributed by atoms with van der Waals surface area (Å²) in [6.07, 6.45) is 1.52. The smallest absolute Gasteiger partial charge is 0.141 e. The van der Waals surface area contributed by atoms with Gasteiger partial charge in [0.25, 0.3) is 0 Å². The molecule has 0 spiro atoms. The van der Waals surface area contributed by atoms with Crippen LogP contribution in [0.15, 0.2) is 35.1 Å². The zero-order chi connectivity index (χ0) is 11.4. The number of nitrogens with one attached hydrogen (secondary N) is 1. The lowest BCUT2D eigenvalue weighted by molar-refractivity contribution is 0.408. The van der Waals surface area contributed by atoms with Gasteiger partial charge in [0.1, 0.15) is 12.1 Å². The fraction of sp³-hybridized carbons (Fsp3) is 0.182. The quantitative estimate of drug-likeness (QED) is 0.893. The van der Waals surface area contributed by atoms with Crippen LogP contribution in [-0.2, 0) is 13.1 Å². The normalized spacial score (nSPS) is 10.6. The summed E-state index contributed by atoms with van der Waals surface area (Å²) in [7, 11) is 0. The van der Waals surface area contributed by atoms with Crippen LogP contribution in [0.25, 0.3) is 0 Å². The molecule has 0 bridgehead atoms. The van der Waals surface area contributed by atoms with Crippen molar-refractivity contribution in [2.45, 2.75) is 13.1 Å². The lowest BCUT2D eigenvalue weighted by Crippen LogP contribution is -2.12. The highest BCUT2D eigenvalue weighted by molar-refractivity contribution is 6.30. The molecule has 0 atom stereocenters. The predicted molar refractivity (Wildman–Crippen MR) is 58.5 cm³/mol. The van der Waals surface area contributed by atoms with Gasteiger partial charge in [0.15, 0.2) is 0 Å². The van der Waals surface area contributed by atoms with E-state index in [9.17, 15) is 4.39 Å². The standard InChI is InChI=1S/C11H10ClFN2O/c12-10-5-8(1-2-11(10)13)6-14-7-9-3-4-16-15-9/h1-5,14H,6-7H2. The molecule has 0 saturated carbocycles. The molecule has 2 rings (SSSR count). The highest BCUT2D eigenvalue weighted by atomic mass is 35.5. The van der Waals surface area contributed by atoms with E-state index < -0.39 is 5.82 Å². The van der Waals surface area contributed by atoms with Gasteiger partial charge in [0.05, 0.1) is 10.7 Å². The molecule has 1 heterocycles. The van der Waals surface area contributed by atoms with E-state index in [2.05, 4.69) is 10.5 Å². The highest BCUT2D eigenvalue weighted by Gasteiger charge is 2.01. The topological polar surface area (TPSA) is 38.1 Å². The van der Waals surface area contributed by atoms with E-state index in [1.54, 1.807) is 18.2 Å². The number of rotatable bonds is 4. The minimum absolute atomic E-state index is 0.140. The summed E-state index contributed by atoms with van der Waals surface area (Å²) in [5, 5.41) is 7.04. The third-order valence-corrected chi connectivity index (χ3v) is 2.40. The number of hydrogen-bond donors (Lipinski definition) is 1. The van der Waals surface area contributed by atoms with Gasteiger partial charge in [-0.3, -0.25) is 0 Å². The van der Waals surface area contributed by atoms with Gasteiger partial charge < -0.3 is 9.84 Å². The Morgan fingerprint density at radius 3 is 2.88 bits per heavy atom. The Hall–Kier alpha value is -1.39. The van der Waals surface area contributed by atoms with Crippen molar-refractivity contribution in [3.8, 4) is 0 Å². The second-order valence-electron chi connectivity index (χ2n) is 3.34. The molecule has 2 aromatic rings. The Labute approximate surface area is 97.2 Å². The van der Waals surface area contributed by atoms with Crippen molar-refractivity contribution in [2.75, 3.05) is 0 Å². The van der Waals surface area contributed by atoms with Gasteiger partial charge in [-0.1, -0.05) is 22.8 Å². The molecule has 1 N–H and O–H groups in total. The van der Waals surface area contributed by atoms with Gasteiger partial charge in [-0.25, -0.2) is 4.39 Å². The molecule has 0 amide bonds. The van der Waals surface area contributed by atoms with Crippen molar-refractivity contribution in [2.24, 2.45) is 0 Å². The molecule has 84 valence electrons. The van der Waals surface area contributed by atoms with Crippen LogP contribution in [0.2, 0.25) is 5.02 Å². The Bertz CT molecular complexity index is 459. The first kappa shape index (κ1) is 11.1. The molecule has 3 nitrogen and oxygen atoms in total. The summed E-state index contributed by atoms with van der Waals surface area (Å²) < 4.78 is 17.6. The van der Waals surface area contributed by atoms with Crippen LogP contribution in [0.5, 0.6) is 0 Å². The molecule has 16 heavy (non-hydrogen) atoms. The molecule has 0 aliphatic rings. The molecule has 0 fully saturated rings. The Morgan fingerprint density at radius 1 is 1.31 bits per heavy atom. The minimum Gasteiger partial charge on any atom is -0.364 e. The summed E-state index contributed by atoms with van der Waals surface area (Å²) in [6, 6.07) is 6.43. The van der Waals surface area contributed by atoms with Gasteiger partial charge in [0, 0.05) is 19.2 Å². The average molecular weight is 241 g/mol. The minimum atomic E-state index is -0.401. The molecular weight excluding hydrogens is 231 g/mol. The Morgan fingerprint density at radius 2 is 2.19 bits per heavy atom. The van der Waals surface area contributed by atoms with Crippen LogP contribution in [0.3, 0.4) is 0 Å². The number of benzene rings is 1. The zero-order valence-electron chi connectivity index (χ0n) is 8.41. The van der Waals surface area contributed by atoms with Crippen molar-refractivity contribution in [3.05, 3.63) is 52.6 Å². The summed E-state index contributed by atoms with van der Waals surface area (Å²) in [4.78, 5) is 0. The van der Waals surface area contributed by atoms with E-state index in [1.807, 2.05) is 0 Å². The molecule has 5 heteroatoms. The van der Waals surface area contributed by atoms with Crippen LogP contribution in [0, 0.1) is 5.82 Å². The predicted octanol–water partition coefficient (Wildman–Crippen LogP) is 2.76. The lowest BCUT2D eigenvalue weighted by atomic mass is 10.2. The molecule has 0 unspecified atom stereocenters. The molecule has 0 aliphatic carbocycles. The zero-order valence-corrected chi connectivity index (χ0v) is 9.17. The average Bonchev–Trinajstić information content (AvgIpc) is 2.76. The van der Waals surface area contributed by atoms with E-state index in [-0.39, 0.29) is 5.02 Å². The van der Waals surface area contributed by atoms with Crippen LogP contribution < -0.4 is 5.32 Å². The first-order valence-electron chi connectivity index (χ1n) is 4.79. The van der Waals surface area contributed by atoms with Crippen LogP contribution >= 0.6 is 11.6 Å². The maximum absolute atomic E-state index is 12.9. The number of halogens is 2. The van der Waals surface area contributed by atoms with E-state index >= 15 is 0 Å². The SMILES string of the molecule is Fc1ccc(CNCc2ccon2)cc1Cl. The summed E-state index contributed by atoms with van der Waals surface area (Å²) in [5.41, 5.74) is 1.75. The van der Waals surface area contributed by atoms with E-state index in [4.69, 9.17) is 16.1 Å². The van der Waals surface area contributed by atoms with E-state index in [0.717, 1.165) is 11.3 Å². The fourth-order valence-corrected chi connectivity index (χ4v) is 1.52. The first-order chi connectivity index (χ1) is 7.75. The monoisotopic (exact) mass is 240 g/mol. The largest absolute Gasteiger partial charge is 0.364 e. The maximum atomic E-state index is 12.9. The van der Waals surface area contributed by atoms with Crippen molar-refractivity contribution in [3.63, 3.8) is 0 Å². The molecule has 0 aliphatic heterocycles. The third kappa shape index (κ3) is 2.81. The van der Waals surface area contributed by atoms with Crippen molar-refractivity contribution in [1.29, 1.82) is 0 Å². The van der Waals surface area contributed by atoms with E-state index in [0.29, 0.717) is 13.1 Å². The first-order valence-corrected chi connectivity index (χ1v) is 5.17. The Balaban J connectivity index is 1.87. The summed E-state index contributed by atoms with van der Waals surface area (Å²) in [5.74, 6) is -0.401. The molecule has 1 aromatic heterocycles. The number of hydrogen-bond acceptors (Lipinski definition) is 3. The molecule has 1 aromatic carbocycles. The lowest BCUT2D eigenvalue weighted by Gasteiger charge is -2.03. The van der Waals surface area contributed by atoms with Crippen LogP contribution in [0.4, 0.5) is 4.39 Å². The molecule has 0 saturated heterocycles. The maximum Gasteiger partial charge on any atom is 0.141 e. The van der Waals surface area contributed by atoms with Crippen molar-refractivity contribution < 1.29 is 8.91 Å². The highest BCUT2D eigenvalue weighted by Crippen LogP contribution is 2.15. The van der Waals surface area contributed by atoms with Gasteiger partial charge in [-0.2, -0.15) is 0 Å². The third-order valence-electron chi connectivity index (χ3n) is 2.11. The number of aromatic nitrogens is 1. The summed E-state index contributed by atoms with van der Waals surface area (Å²) >= 11 is 5.66. The molecule has 0 radical (unpaired) electrons. The van der Waals surface area contributed by atoms with Gasteiger partial charge in [-0.15, -0.1) is 0 Å². The van der Waals surface area contributed by atoms with Gasteiger partial charge in [0.2, 0.25) is 0 Å². The number of nitrogens with zero attached hydrogens (tertiary/aromatic N) is 1. The van der Waals surface area contributed by atoms with Gasteiger partial charge >= 0.3 is 0 Å². The Kier molecular flexibility index (Phi) is 3.54. The molecular formula is C11H10ClFN2O. The van der Waals surface area contributed by atoms with Crippen molar-refractivity contribution in [1.82, 2.24) is 10.5 Å². The van der Waals surface area contributed by atoms with Crippen molar-refractivity contribution >= 4 is 11.6 Å². The second-order valence-corrected chi connectivity index (χ2v) is 3.75.